The summed E-state index contributed by atoms with van der Waals surface area (Å²) in [6, 6.07) is 19.1. The average molecular weight is 236 g/mol. The monoisotopic (exact) mass is 236 g/mol. The third-order valence-corrected chi connectivity index (χ3v) is 2.94. The Labute approximate surface area is 110 Å². The molecular formula is C18H20. The Morgan fingerprint density at radius 3 is 2.22 bits per heavy atom. The van der Waals surface area contributed by atoms with Crippen molar-refractivity contribution in [1.29, 1.82) is 0 Å². The lowest BCUT2D eigenvalue weighted by Crippen LogP contribution is -1.96. The fraction of sp³-hybridized carbons (Fsp3) is 0.222. The van der Waals surface area contributed by atoms with E-state index >= 15 is 0 Å². The van der Waals surface area contributed by atoms with Crippen molar-refractivity contribution in [2.24, 2.45) is 5.92 Å². The first kappa shape index (κ1) is 12.6. The van der Waals surface area contributed by atoms with Crippen LogP contribution in [0.1, 0.15) is 30.5 Å². The molecule has 0 saturated heterocycles. The van der Waals surface area contributed by atoms with E-state index in [0.717, 1.165) is 6.42 Å². The molecule has 0 bridgehead atoms. The Bertz CT molecular complexity index is 507. The van der Waals surface area contributed by atoms with Gasteiger partial charge in [-0.2, -0.15) is 0 Å². The maximum atomic E-state index is 2.26. The van der Waals surface area contributed by atoms with Crippen LogP contribution in [0.5, 0.6) is 0 Å². The van der Waals surface area contributed by atoms with Crippen molar-refractivity contribution in [1.82, 2.24) is 0 Å². The molecule has 0 saturated carbocycles. The SMILES string of the molecule is CC(C)Cc1ccccc1C=Cc1ccccc1. The summed E-state index contributed by atoms with van der Waals surface area (Å²) < 4.78 is 0. The summed E-state index contributed by atoms with van der Waals surface area (Å²) >= 11 is 0. The molecule has 0 N–H and O–H groups in total. The molecule has 0 fully saturated rings. The zero-order valence-electron chi connectivity index (χ0n) is 11.1. The molecule has 2 aromatic rings. The van der Waals surface area contributed by atoms with Gasteiger partial charge < -0.3 is 0 Å². The molecular weight excluding hydrogens is 216 g/mol. The normalized spacial score (nSPS) is 11.3. The van der Waals surface area contributed by atoms with Gasteiger partial charge in [-0.15, -0.1) is 0 Å². The van der Waals surface area contributed by atoms with E-state index in [1.54, 1.807) is 0 Å². The second-order valence-electron chi connectivity index (χ2n) is 5.04. The Morgan fingerprint density at radius 1 is 0.833 bits per heavy atom. The van der Waals surface area contributed by atoms with Gasteiger partial charge in [-0.25, -0.2) is 0 Å². The molecule has 18 heavy (non-hydrogen) atoms. The van der Waals surface area contributed by atoms with Crippen molar-refractivity contribution in [2.75, 3.05) is 0 Å². The van der Waals surface area contributed by atoms with Crippen molar-refractivity contribution in [3.63, 3.8) is 0 Å². The third-order valence-electron chi connectivity index (χ3n) is 2.94. The zero-order chi connectivity index (χ0) is 12.8. The Morgan fingerprint density at radius 2 is 1.50 bits per heavy atom. The number of hydrogen-bond donors (Lipinski definition) is 0. The molecule has 0 aliphatic carbocycles. The quantitative estimate of drug-likeness (QED) is 0.651. The van der Waals surface area contributed by atoms with Crippen LogP contribution in [0.25, 0.3) is 12.2 Å². The van der Waals surface area contributed by atoms with Crippen LogP contribution in [0.2, 0.25) is 0 Å². The summed E-state index contributed by atoms with van der Waals surface area (Å²) in [4.78, 5) is 0. The lowest BCUT2D eigenvalue weighted by Gasteiger charge is -2.08. The first-order chi connectivity index (χ1) is 8.75. The smallest absolute Gasteiger partial charge is 0.0224 e. The van der Waals surface area contributed by atoms with Gasteiger partial charge in [0.25, 0.3) is 0 Å². The highest BCUT2D eigenvalue weighted by Crippen LogP contribution is 2.16. The van der Waals surface area contributed by atoms with Crippen LogP contribution in [0.15, 0.2) is 54.6 Å². The van der Waals surface area contributed by atoms with Gasteiger partial charge in [0.15, 0.2) is 0 Å². The minimum absolute atomic E-state index is 0.691. The largest absolute Gasteiger partial charge is 0.0625 e. The molecule has 2 aromatic carbocycles. The predicted octanol–water partition coefficient (Wildman–Crippen LogP) is 5.06. The van der Waals surface area contributed by atoms with Crippen LogP contribution >= 0.6 is 0 Å². The number of rotatable bonds is 4. The van der Waals surface area contributed by atoms with Crippen LogP contribution in [0, 0.1) is 5.92 Å². The van der Waals surface area contributed by atoms with E-state index in [1.807, 2.05) is 6.07 Å². The van der Waals surface area contributed by atoms with E-state index in [1.165, 1.54) is 16.7 Å². The van der Waals surface area contributed by atoms with Crippen LogP contribution in [-0.2, 0) is 6.42 Å². The van der Waals surface area contributed by atoms with E-state index < -0.39 is 0 Å². The van der Waals surface area contributed by atoms with Crippen molar-refractivity contribution >= 4 is 12.2 Å². The van der Waals surface area contributed by atoms with Gasteiger partial charge in [-0.3, -0.25) is 0 Å². The van der Waals surface area contributed by atoms with Gasteiger partial charge in [0.1, 0.15) is 0 Å². The van der Waals surface area contributed by atoms with Crippen LogP contribution < -0.4 is 0 Å². The molecule has 0 aliphatic heterocycles. The standard InChI is InChI=1S/C18H20/c1-15(2)14-18-11-7-6-10-17(18)13-12-16-8-4-3-5-9-16/h3-13,15H,14H2,1-2H3. The first-order valence-electron chi connectivity index (χ1n) is 6.57. The fourth-order valence-electron chi connectivity index (χ4n) is 2.07. The van der Waals surface area contributed by atoms with E-state index in [4.69, 9.17) is 0 Å². The summed E-state index contributed by atoms with van der Waals surface area (Å²) in [5.41, 5.74) is 4.01. The molecule has 0 spiro atoms. The maximum Gasteiger partial charge on any atom is -0.0224 e. The second-order valence-corrected chi connectivity index (χ2v) is 5.04. The third kappa shape index (κ3) is 3.59. The molecule has 0 nitrogen and oxygen atoms in total. The van der Waals surface area contributed by atoms with Gasteiger partial charge in [-0.1, -0.05) is 80.6 Å². The second kappa shape index (κ2) is 6.20. The maximum absolute atomic E-state index is 2.26. The van der Waals surface area contributed by atoms with Crippen molar-refractivity contribution in [2.45, 2.75) is 20.3 Å². The van der Waals surface area contributed by atoms with Gasteiger partial charge in [0, 0.05) is 0 Å². The molecule has 0 aliphatic rings. The topological polar surface area (TPSA) is 0 Å². The summed E-state index contributed by atoms with van der Waals surface area (Å²) in [6.07, 6.45) is 5.53. The van der Waals surface area contributed by atoms with E-state index in [-0.39, 0.29) is 0 Å². The van der Waals surface area contributed by atoms with E-state index in [9.17, 15) is 0 Å². The molecule has 0 atom stereocenters. The van der Waals surface area contributed by atoms with Crippen LogP contribution in [-0.4, -0.2) is 0 Å². The van der Waals surface area contributed by atoms with Crippen molar-refractivity contribution in [3.8, 4) is 0 Å². The highest BCUT2D eigenvalue weighted by molar-refractivity contribution is 5.71. The molecule has 2 rings (SSSR count). The van der Waals surface area contributed by atoms with E-state index in [0.29, 0.717) is 5.92 Å². The number of benzene rings is 2. The van der Waals surface area contributed by atoms with Gasteiger partial charge in [-0.05, 0) is 29.0 Å². The fourth-order valence-corrected chi connectivity index (χ4v) is 2.07. The molecule has 0 radical (unpaired) electrons. The minimum atomic E-state index is 0.691. The Hall–Kier alpha value is -1.82. The highest BCUT2D eigenvalue weighted by atomic mass is 14.1. The van der Waals surface area contributed by atoms with E-state index in [2.05, 4.69) is 74.5 Å². The van der Waals surface area contributed by atoms with Crippen molar-refractivity contribution < 1.29 is 0 Å². The first-order valence-corrected chi connectivity index (χ1v) is 6.57. The van der Waals surface area contributed by atoms with Crippen molar-refractivity contribution in [3.05, 3.63) is 71.3 Å². The van der Waals surface area contributed by atoms with Gasteiger partial charge >= 0.3 is 0 Å². The molecule has 92 valence electrons. The summed E-state index contributed by atoms with van der Waals surface area (Å²) in [5.74, 6) is 0.691. The Balaban J connectivity index is 2.21. The summed E-state index contributed by atoms with van der Waals surface area (Å²) in [5, 5.41) is 0. The minimum Gasteiger partial charge on any atom is -0.0625 e. The zero-order valence-corrected chi connectivity index (χ0v) is 11.1. The molecule has 0 amide bonds. The van der Waals surface area contributed by atoms with Crippen LogP contribution in [0.4, 0.5) is 0 Å². The molecule has 0 aromatic heterocycles. The average Bonchev–Trinajstić information content (AvgIpc) is 2.38. The summed E-state index contributed by atoms with van der Waals surface area (Å²) in [6.45, 7) is 4.52. The lowest BCUT2D eigenvalue weighted by atomic mass is 9.97. The van der Waals surface area contributed by atoms with Crippen LogP contribution in [0.3, 0.4) is 0 Å². The molecule has 0 heteroatoms. The number of hydrogen-bond acceptors (Lipinski definition) is 0. The van der Waals surface area contributed by atoms with Gasteiger partial charge in [0.2, 0.25) is 0 Å². The summed E-state index contributed by atoms with van der Waals surface area (Å²) in [7, 11) is 0. The highest BCUT2D eigenvalue weighted by Gasteiger charge is 2.01. The Kier molecular flexibility index (Phi) is 4.35. The lowest BCUT2D eigenvalue weighted by molar-refractivity contribution is 0.646. The molecule has 0 heterocycles. The predicted molar refractivity (Wildman–Crippen MR) is 80.4 cm³/mol. The van der Waals surface area contributed by atoms with Gasteiger partial charge in [0.05, 0.1) is 0 Å². The molecule has 0 unspecified atom stereocenters.